The molecule has 2 fully saturated rings. The van der Waals surface area contributed by atoms with E-state index in [9.17, 15) is 14.4 Å². The van der Waals surface area contributed by atoms with Crippen molar-refractivity contribution >= 4 is 35.6 Å². The summed E-state index contributed by atoms with van der Waals surface area (Å²) < 4.78 is 10.8. The number of hydrogen-bond donors (Lipinski definition) is 0. The van der Waals surface area contributed by atoms with Gasteiger partial charge in [0.05, 0.1) is 35.2 Å². The van der Waals surface area contributed by atoms with Gasteiger partial charge >= 0.3 is 5.97 Å². The quantitative estimate of drug-likeness (QED) is 0.305. The van der Waals surface area contributed by atoms with Gasteiger partial charge in [-0.05, 0) is 55.5 Å². The van der Waals surface area contributed by atoms with E-state index in [0.717, 1.165) is 11.4 Å². The molecule has 1 aromatic heterocycles. The summed E-state index contributed by atoms with van der Waals surface area (Å²) in [5, 5.41) is 5.38. The van der Waals surface area contributed by atoms with Gasteiger partial charge in [-0.2, -0.15) is 10.1 Å². The summed E-state index contributed by atoms with van der Waals surface area (Å²) in [7, 11) is 0. The van der Waals surface area contributed by atoms with E-state index in [1.54, 1.807) is 37.3 Å². The molecule has 2 bridgehead atoms. The van der Waals surface area contributed by atoms with E-state index < -0.39 is 5.97 Å². The minimum Gasteiger partial charge on any atom is -0.462 e. The van der Waals surface area contributed by atoms with Gasteiger partial charge in [-0.15, -0.1) is 0 Å². The molecule has 2 heterocycles. The van der Waals surface area contributed by atoms with Gasteiger partial charge in [0, 0.05) is 5.56 Å². The highest BCUT2D eigenvalue weighted by Gasteiger charge is 2.59. The Hall–Kier alpha value is -3.19. The van der Waals surface area contributed by atoms with E-state index in [4.69, 9.17) is 20.8 Å². The fourth-order valence-electron chi connectivity index (χ4n) is 4.74. The summed E-state index contributed by atoms with van der Waals surface area (Å²) in [4.78, 5) is 37.5. The van der Waals surface area contributed by atoms with Crippen molar-refractivity contribution in [3.05, 3.63) is 58.8 Å². The van der Waals surface area contributed by atoms with Gasteiger partial charge in [0.2, 0.25) is 0 Å². The number of esters is 1. The Morgan fingerprint density at radius 1 is 1.19 bits per heavy atom. The molecule has 1 saturated heterocycles. The Balaban J connectivity index is 1.35. The van der Waals surface area contributed by atoms with Crippen molar-refractivity contribution in [3.8, 4) is 11.3 Å². The second-order valence-electron chi connectivity index (χ2n) is 7.85. The third kappa shape index (κ3) is 3.20. The van der Waals surface area contributed by atoms with E-state index in [1.165, 1.54) is 6.21 Å². The third-order valence-corrected chi connectivity index (χ3v) is 6.45. The average molecular weight is 439 g/mol. The number of fused-ring (bicyclic) bond motifs is 5. The number of benzene rings is 1. The molecule has 7 nitrogen and oxygen atoms in total. The van der Waals surface area contributed by atoms with Gasteiger partial charge < -0.3 is 9.15 Å². The largest absolute Gasteiger partial charge is 0.462 e. The van der Waals surface area contributed by atoms with Gasteiger partial charge in [0.15, 0.2) is 0 Å². The van der Waals surface area contributed by atoms with E-state index in [-0.39, 0.29) is 52.7 Å². The fraction of sp³-hybridized carbons (Fsp3) is 0.304. The smallest absolute Gasteiger partial charge is 0.339 e. The van der Waals surface area contributed by atoms with Crippen molar-refractivity contribution in [1.82, 2.24) is 5.01 Å². The van der Waals surface area contributed by atoms with E-state index in [0.29, 0.717) is 17.1 Å². The maximum atomic E-state index is 12.7. The van der Waals surface area contributed by atoms with Crippen molar-refractivity contribution in [2.75, 3.05) is 6.61 Å². The van der Waals surface area contributed by atoms with Crippen molar-refractivity contribution in [1.29, 1.82) is 0 Å². The summed E-state index contributed by atoms with van der Waals surface area (Å²) in [6, 6.07) is 8.31. The highest BCUT2D eigenvalue weighted by molar-refractivity contribution is 6.33. The third-order valence-electron chi connectivity index (χ3n) is 6.12. The number of amides is 2. The SMILES string of the molecule is CCOC(=O)c1cc(-c2ccc(/C=N\N3C(=O)[C@H]4[C@H](C3=O)[C@H]3C=C[C@H]4C3)o2)ccc1Cl. The highest BCUT2D eigenvalue weighted by Crippen LogP contribution is 2.52. The number of hydrazone groups is 1. The predicted molar refractivity (Wildman–Crippen MR) is 112 cm³/mol. The number of carbonyl (C=O) groups excluding carboxylic acids is 3. The maximum Gasteiger partial charge on any atom is 0.339 e. The van der Waals surface area contributed by atoms with E-state index in [2.05, 4.69) is 5.10 Å². The first-order valence-corrected chi connectivity index (χ1v) is 10.5. The van der Waals surface area contributed by atoms with Gasteiger partial charge in [-0.25, -0.2) is 4.79 Å². The summed E-state index contributed by atoms with van der Waals surface area (Å²) in [6.07, 6.45) is 6.32. The Bertz CT molecular complexity index is 1120. The maximum absolute atomic E-state index is 12.7. The van der Waals surface area contributed by atoms with Crippen molar-refractivity contribution < 1.29 is 23.5 Å². The summed E-state index contributed by atoms with van der Waals surface area (Å²) in [5.41, 5.74) is 0.883. The van der Waals surface area contributed by atoms with Crippen LogP contribution in [0.4, 0.5) is 0 Å². The van der Waals surface area contributed by atoms with Crippen LogP contribution in [0.2, 0.25) is 5.02 Å². The molecule has 3 aliphatic rings. The molecule has 0 N–H and O–H groups in total. The Morgan fingerprint density at radius 2 is 1.90 bits per heavy atom. The van der Waals surface area contributed by atoms with Crippen LogP contribution in [0, 0.1) is 23.7 Å². The van der Waals surface area contributed by atoms with Crippen molar-refractivity contribution in [3.63, 3.8) is 0 Å². The normalized spacial score (nSPS) is 26.3. The number of nitrogens with zero attached hydrogens (tertiary/aromatic N) is 2. The monoisotopic (exact) mass is 438 g/mol. The number of hydrogen-bond acceptors (Lipinski definition) is 6. The molecular formula is C23H19ClN2O5. The Morgan fingerprint density at radius 3 is 2.58 bits per heavy atom. The first kappa shape index (κ1) is 19.8. The van der Waals surface area contributed by atoms with Crippen LogP contribution < -0.4 is 0 Å². The molecule has 1 aromatic carbocycles. The highest BCUT2D eigenvalue weighted by atomic mass is 35.5. The molecule has 2 aliphatic carbocycles. The number of imide groups is 1. The lowest BCUT2D eigenvalue weighted by molar-refractivity contribution is -0.140. The molecule has 0 spiro atoms. The standard InChI is InChI=1S/C23H19ClN2O5/c1-2-30-23(29)16-10-12(5-7-17(16)24)18-8-6-15(31-18)11-25-26-21(27)19-13-3-4-14(9-13)20(19)22(26)28/h3-8,10-11,13-14,19-20H,2,9H2,1H3/b25-11-/t13-,14-,19+,20+/m0/s1. The lowest BCUT2D eigenvalue weighted by Gasteiger charge is -2.13. The molecule has 2 aromatic rings. The van der Waals surface area contributed by atoms with E-state index >= 15 is 0 Å². The zero-order chi connectivity index (χ0) is 21.7. The van der Waals surface area contributed by atoms with Crippen LogP contribution in [-0.2, 0) is 14.3 Å². The molecule has 31 heavy (non-hydrogen) atoms. The molecule has 5 rings (SSSR count). The number of ether oxygens (including phenoxy) is 1. The van der Waals surface area contributed by atoms with Crippen LogP contribution in [0.1, 0.15) is 29.5 Å². The molecule has 0 radical (unpaired) electrons. The zero-order valence-electron chi connectivity index (χ0n) is 16.7. The van der Waals surface area contributed by atoms with Crippen molar-refractivity contribution in [2.24, 2.45) is 28.8 Å². The molecule has 1 saturated carbocycles. The Kier molecular flexibility index (Phi) is 4.78. The second-order valence-corrected chi connectivity index (χ2v) is 8.26. The minimum absolute atomic E-state index is 0.139. The van der Waals surface area contributed by atoms with Crippen LogP contribution in [0.3, 0.4) is 0 Å². The number of furan rings is 1. The first-order valence-electron chi connectivity index (χ1n) is 10.1. The summed E-state index contributed by atoms with van der Waals surface area (Å²) in [5.74, 6) is -0.436. The van der Waals surface area contributed by atoms with Crippen molar-refractivity contribution in [2.45, 2.75) is 13.3 Å². The lowest BCUT2D eigenvalue weighted by atomic mass is 9.85. The number of halogens is 1. The van der Waals surface area contributed by atoms with Crippen LogP contribution in [0.5, 0.6) is 0 Å². The second kappa shape index (κ2) is 7.50. The van der Waals surface area contributed by atoms with Gasteiger partial charge in [-0.1, -0.05) is 23.8 Å². The van der Waals surface area contributed by atoms with Gasteiger partial charge in [0.1, 0.15) is 11.5 Å². The molecule has 0 unspecified atom stereocenters. The Labute approximate surface area is 183 Å². The minimum atomic E-state index is -0.511. The van der Waals surface area contributed by atoms with Gasteiger partial charge in [-0.3, -0.25) is 9.59 Å². The molecule has 8 heteroatoms. The average Bonchev–Trinajstić information content (AvgIpc) is 3.52. The number of allylic oxidation sites excluding steroid dienone is 2. The molecule has 2 amide bonds. The van der Waals surface area contributed by atoms with E-state index in [1.807, 2.05) is 12.2 Å². The molecule has 1 aliphatic heterocycles. The molecule has 4 atom stereocenters. The van der Waals surface area contributed by atoms with Crippen LogP contribution >= 0.6 is 11.6 Å². The topological polar surface area (TPSA) is 89.2 Å². The number of carbonyl (C=O) groups is 3. The zero-order valence-corrected chi connectivity index (χ0v) is 17.4. The molecular weight excluding hydrogens is 420 g/mol. The fourth-order valence-corrected chi connectivity index (χ4v) is 4.93. The summed E-state index contributed by atoms with van der Waals surface area (Å²) >= 11 is 6.11. The predicted octanol–water partition coefficient (Wildman–Crippen LogP) is 3.92. The lowest BCUT2D eigenvalue weighted by Crippen LogP contribution is -2.28. The first-order chi connectivity index (χ1) is 15.0. The van der Waals surface area contributed by atoms with Crippen LogP contribution in [0.15, 0.2) is 52.0 Å². The molecule has 158 valence electrons. The van der Waals surface area contributed by atoms with Crippen LogP contribution in [0.25, 0.3) is 11.3 Å². The van der Waals surface area contributed by atoms with Crippen LogP contribution in [-0.4, -0.2) is 35.6 Å². The van der Waals surface area contributed by atoms with Gasteiger partial charge in [0.25, 0.3) is 11.8 Å². The summed E-state index contributed by atoms with van der Waals surface area (Å²) in [6.45, 7) is 1.96. The number of rotatable bonds is 5.